The molecule has 1 saturated carbocycles. The van der Waals surface area contributed by atoms with Gasteiger partial charge in [0, 0.05) is 36.6 Å². The first-order chi connectivity index (χ1) is 26.3. The van der Waals surface area contributed by atoms with Crippen molar-refractivity contribution in [2.75, 3.05) is 29.2 Å². The number of carboxylic acid groups (broad SMARTS) is 1. The SMILES string of the molecule is Cc1cc2ccc1[C@@H](C(F)F)COC(=O)Nc1ccc(S(=O)(=O)C3CC3)c(c1)CN(C)C(=O)[C@@H]2Nc1ccc2c(N(C(=O)O)C(=O)OC(C)(C)C)nccc2c1. The number of hydrogen-bond donors (Lipinski definition) is 3. The molecule has 17 heteroatoms. The Hall–Kier alpha value is -5.84. The summed E-state index contributed by atoms with van der Waals surface area (Å²) < 4.78 is 66.3. The van der Waals surface area contributed by atoms with E-state index in [0.717, 1.165) is 0 Å². The summed E-state index contributed by atoms with van der Waals surface area (Å²) in [5.74, 6) is -2.21. The molecule has 2 atom stereocenters. The quantitative estimate of drug-likeness (QED) is 0.174. The Kier molecular flexibility index (Phi) is 10.9. The zero-order valence-electron chi connectivity index (χ0n) is 31.2. The normalized spacial score (nSPS) is 18.0. The van der Waals surface area contributed by atoms with Crippen LogP contribution in [0.3, 0.4) is 0 Å². The highest BCUT2D eigenvalue weighted by Gasteiger charge is 2.39. The lowest BCUT2D eigenvalue weighted by molar-refractivity contribution is -0.131. The van der Waals surface area contributed by atoms with Gasteiger partial charge in [-0.05, 0) is 111 Å². The lowest BCUT2D eigenvalue weighted by Gasteiger charge is -2.28. The molecule has 3 N–H and O–H groups in total. The van der Waals surface area contributed by atoms with Gasteiger partial charge in [-0.15, -0.1) is 0 Å². The number of nitrogens with zero attached hydrogens (tertiary/aromatic N) is 3. The molecule has 4 aromatic rings. The highest BCUT2D eigenvalue weighted by molar-refractivity contribution is 7.92. The Morgan fingerprint density at radius 3 is 2.45 bits per heavy atom. The number of amides is 4. The van der Waals surface area contributed by atoms with E-state index in [0.29, 0.717) is 39.9 Å². The monoisotopic (exact) mass is 793 g/mol. The van der Waals surface area contributed by atoms with Gasteiger partial charge in [0.05, 0.1) is 16.1 Å². The van der Waals surface area contributed by atoms with E-state index < -0.39 is 69.9 Å². The van der Waals surface area contributed by atoms with Crippen LogP contribution in [0.25, 0.3) is 10.8 Å². The van der Waals surface area contributed by atoms with Gasteiger partial charge >= 0.3 is 18.3 Å². The minimum absolute atomic E-state index is 0.00267. The molecule has 3 aromatic carbocycles. The Balaban J connectivity index is 1.42. The number of alkyl halides is 2. The average Bonchev–Trinajstić information content (AvgIpc) is 3.96. The van der Waals surface area contributed by atoms with Crippen molar-refractivity contribution in [1.29, 1.82) is 0 Å². The molecular formula is C39H41F2N5O9S. The van der Waals surface area contributed by atoms with E-state index in [9.17, 15) is 41.5 Å². The molecular weight excluding hydrogens is 753 g/mol. The Bertz CT molecular complexity index is 2330. The first kappa shape index (κ1) is 39.8. The van der Waals surface area contributed by atoms with E-state index in [2.05, 4.69) is 15.6 Å². The molecule has 0 saturated heterocycles. The Morgan fingerprint density at radius 2 is 1.80 bits per heavy atom. The molecule has 1 aromatic heterocycles. The van der Waals surface area contributed by atoms with E-state index >= 15 is 0 Å². The average molecular weight is 794 g/mol. The summed E-state index contributed by atoms with van der Waals surface area (Å²) in [4.78, 5) is 58.3. The van der Waals surface area contributed by atoms with Crippen molar-refractivity contribution in [2.45, 2.75) is 81.2 Å². The topological polar surface area (TPSA) is 185 Å². The molecule has 14 nitrogen and oxygen atoms in total. The van der Waals surface area contributed by atoms with E-state index in [-0.39, 0.29) is 39.5 Å². The van der Waals surface area contributed by atoms with Crippen molar-refractivity contribution in [3.63, 3.8) is 0 Å². The standard InChI is InChI=1S/C39H41F2N5O9S/c1-21-16-23-6-11-28(21)30(33(40)41)20-54-36(48)44-26-8-13-31(56(52,53)27-9-10-27)24(18-26)19-45(5)35(47)32(23)43-25-7-12-29-22(17-25)14-15-42-34(29)46(37(49)50)38(51)55-39(2,3)4/h6-8,11-18,27,30,32-33,43H,9-10,19-20H2,1-5H3,(H,44,48)(H,49,50)/t30-,32+/m0/s1. The van der Waals surface area contributed by atoms with Crippen LogP contribution in [0.1, 0.15) is 67.8 Å². The maximum absolute atomic E-state index is 14.5. The fourth-order valence-electron chi connectivity index (χ4n) is 6.53. The lowest BCUT2D eigenvalue weighted by atomic mass is 9.92. The molecule has 296 valence electrons. The van der Waals surface area contributed by atoms with Crippen LogP contribution in [0.4, 0.5) is 40.4 Å². The van der Waals surface area contributed by atoms with E-state index in [1.807, 2.05) is 0 Å². The van der Waals surface area contributed by atoms with Crippen LogP contribution in [-0.4, -0.2) is 78.5 Å². The number of rotatable bonds is 6. The minimum atomic E-state index is -3.76. The van der Waals surface area contributed by atoms with Crippen molar-refractivity contribution in [1.82, 2.24) is 9.88 Å². The number of fused-ring (bicyclic) bond motifs is 10. The molecule has 4 amide bonds. The summed E-state index contributed by atoms with van der Waals surface area (Å²) in [6, 6.07) is 13.9. The molecule has 7 rings (SSSR count). The van der Waals surface area contributed by atoms with Crippen molar-refractivity contribution >= 4 is 62.0 Å². The van der Waals surface area contributed by atoms with Crippen LogP contribution in [0, 0.1) is 6.92 Å². The van der Waals surface area contributed by atoms with Crippen LogP contribution in [0.5, 0.6) is 0 Å². The predicted octanol–water partition coefficient (Wildman–Crippen LogP) is 7.62. The second-order valence-electron chi connectivity index (χ2n) is 14.8. The zero-order valence-corrected chi connectivity index (χ0v) is 32.0. The summed E-state index contributed by atoms with van der Waals surface area (Å²) in [6.45, 7) is 5.55. The summed E-state index contributed by atoms with van der Waals surface area (Å²) >= 11 is 0. The van der Waals surface area contributed by atoms with Crippen molar-refractivity contribution in [2.24, 2.45) is 0 Å². The van der Waals surface area contributed by atoms with E-state index in [1.54, 1.807) is 52.0 Å². The largest absolute Gasteiger partial charge is 0.464 e. The van der Waals surface area contributed by atoms with Gasteiger partial charge in [0.15, 0.2) is 15.7 Å². The van der Waals surface area contributed by atoms with Gasteiger partial charge in [0.25, 0.3) is 0 Å². The van der Waals surface area contributed by atoms with Gasteiger partial charge in [-0.25, -0.2) is 36.6 Å². The van der Waals surface area contributed by atoms with E-state index in [1.165, 1.54) is 54.5 Å². The number of hydrogen-bond acceptors (Lipinski definition) is 10. The maximum atomic E-state index is 14.5. The number of ether oxygens (including phenoxy) is 2. The highest BCUT2D eigenvalue weighted by Crippen LogP contribution is 2.37. The number of aryl methyl sites for hydroxylation is 1. The summed E-state index contributed by atoms with van der Waals surface area (Å²) in [6.07, 6.45) is -4.36. The lowest BCUT2D eigenvalue weighted by Crippen LogP contribution is -2.40. The van der Waals surface area contributed by atoms with Gasteiger partial charge in [-0.3, -0.25) is 10.1 Å². The van der Waals surface area contributed by atoms with Gasteiger partial charge < -0.3 is 24.8 Å². The number of carbonyl (C=O) groups excluding carboxylic acids is 3. The van der Waals surface area contributed by atoms with Gasteiger partial charge in [0.1, 0.15) is 18.2 Å². The molecule has 0 spiro atoms. The fourth-order valence-corrected chi connectivity index (χ4v) is 8.39. The van der Waals surface area contributed by atoms with Crippen LogP contribution in [0.15, 0.2) is 71.8 Å². The number of benzene rings is 3. The maximum Gasteiger partial charge on any atom is 0.425 e. The molecule has 3 heterocycles. The second kappa shape index (κ2) is 15.4. The van der Waals surface area contributed by atoms with Crippen molar-refractivity contribution in [3.05, 3.63) is 89.1 Å². The smallest absolute Gasteiger partial charge is 0.425 e. The molecule has 56 heavy (non-hydrogen) atoms. The third-order valence-electron chi connectivity index (χ3n) is 9.37. The molecule has 1 aliphatic carbocycles. The Morgan fingerprint density at radius 1 is 1.07 bits per heavy atom. The number of anilines is 3. The van der Waals surface area contributed by atoms with Crippen molar-refractivity contribution < 1.29 is 51.0 Å². The molecule has 0 unspecified atom stereocenters. The number of pyridine rings is 1. The summed E-state index contributed by atoms with van der Waals surface area (Å²) in [5.41, 5.74) is 0.766. The second-order valence-corrected chi connectivity index (χ2v) is 17.0. The third kappa shape index (κ3) is 8.51. The van der Waals surface area contributed by atoms with Gasteiger partial charge in [-0.2, -0.15) is 4.90 Å². The molecule has 1 fully saturated rings. The Labute approximate surface area is 321 Å². The number of sulfone groups is 1. The van der Waals surface area contributed by atoms with Gasteiger partial charge in [0.2, 0.25) is 12.3 Å². The number of likely N-dealkylation sites (N-methyl/N-ethyl adjacent to an activating group) is 1. The fraction of sp³-hybridized carbons (Fsp3) is 0.359. The number of imide groups is 1. The number of halogens is 2. The van der Waals surface area contributed by atoms with Crippen LogP contribution in [-0.2, 0) is 30.7 Å². The van der Waals surface area contributed by atoms with Crippen LogP contribution in [0.2, 0.25) is 0 Å². The predicted molar refractivity (Wildman–Crippen MR) is 203 cm³/mol. The number of aromatic nitrogens is 1. The highest BCUT2D eigenvalue weighted by atomic mass is 32.2. The van der Waals surface area contributed by atoms with Crippen LogP contribution >= 0.6 is 0 Å². The zero-order chi connectivity index (χ0) is 40.7. The number of nitrogens with one attached hydrogen (secondary N) is 2. The minimum Gasteiger partial charge on any atom is -0.464 e. The first-order valence-electron chi connectivity index (χ1n) is 17.7. The molecule has 3 aliphatic rings. The van der Waals surface area contributed by atoms with Gasteiger partial charge in [-0.1, -0.05) is 18.2 Å². The first-order valence-corrected chi connectivity index (χ1v) is 19.2. The van der Waals surface area contributed by atoms with Crippen LogP contribution < -0.4 is 15.5 Å². The van der Waals surface area contributed by atoms with E-state index in [4.69, 9.17) is 9.47 Å². The molecule has 0 radical (unpaired) electrons. The molecule has 2 aliphatic heterocycles. The summed E-state index contributed by atoms with van der Waals surface area (Å²) in [5, 5.41) is 15.8. The number of carbonyl (C=O) groups is 4. The van der Waals surface area contributed by atoms with Crippen molar-refractivity contribution in [3.8, 4) is 0 Å². The summed E-state index contributed by atoms with van der Waals surface area (Å²) in [7, 11) is -2.27. The molecule has 4 bridgehead atoms. The third-order valence-corrected chi connectivity index (χ3v) is 11.7.